The van der Waals surface area contributed by atoms with Crippen molar-refractivity contribution in [3.63, 3.8) is 0 Å². The summed E-state index contributed by atoms with van der Waals surface area (Å²) in [5.41, 5.74) is -0.625. The topological polar surface area (TPSA) is 53.9 Å². The molecule has 19 heavy (non-hydrogen) atoms. The van der Waals surface area contributed by atoms with Gasteiger partial charge in [0.1, 0.15) is 5.54 Å². The summed E-state index contributed by atoms with van der Waals surface area (Å²) < 4.78 is 0. The van der Waals surface area contributed by atoms with Gasteiger partial charge in [-0.15, -0.1) is 0 Å². The summed E-state index contributed by atoms with van der Waals surface area (Å²) in [7, 11) is 0. The SMILES string of the molecule is CC1CC[NH+](CN2C(=O)N[C@](C)(C3CC3)C2=O)CC1. The van der Waals surface area contributed by atoms with Crippen molar-refractivity contribution >= 4 is 11.9 Å². The number of piperidine rings is 1. The van der Waals surface area contributed by atoms with E-state index in [1.54, 1.807) is 0 Å². The quantitative estimate of drug-likeness (QED) is 0.705. The van der Waals surface area contributed by atoms with Gasteiger partial charge in [0, 0.05) is 0 Å². The van der Waals surface area contributed by atoms with Crippen molar-refractivity contribution in [2.24, 2.45) is 11.8 Å². The molecule has 3 rings (SSSR count). The first-order chi connectivity index (χ1) is 9.00. The third-order valence-corrected chi connectivity index (χ3v) is 5.06. The lowest BCUT2D eigenvalue weighted by atomic mass is 9.96. The van der Waals surface area contributed by atoms with Crippen LogP contribution >= 0.6 is 0 Å². The molecule has 5 heteroatoms. The third-order valence-electron chi connectivity index (χ3n) is 5.06. The largest absolute Gasteiger partial charge is 0.329 e. The van der Waals surface area contributed by atoms with Crippen LogP contribution in [0.15, 0.2) is 0 Å². The van der Waals surface area contributed by atoms with Crippen molar-refractivity contribution in [2.45, 2.75) is 45.1 Å². The Morgan fingerprint density at radius 1 is 1.26 bits per heavy atom. The predicted molar refractivity (Wildman–Crippen MR) is 70.5 cm³/mol. The van der Waals surface area contributed by atoms with E-state index in [2.05, 4.69) is 12.2 Å². The summed E-state index contributed by atoms with van der Waals surface area (Å²) in [6, 6.07) is -0.189. The number of nitrogens with zero attached hydrogens (tertiary/aromatic N) is 1. The van der Waals surface area contributed by atoms with E-state index in [9.17, 15) is 9.59 Å². The Kier molecular flexibility index (Phi) is 3.04. The fourth-order valence-electron chi connectivity index (χ4n) is 3.35. The highest BCUT2D eigenvalue weighted by Gasteiger charge is 2.56. The summed E-state index contributed by atoms with van der Waals surface area (Å²) in [6.45, 7) is 6.84. The first-order valence-electron chi connectivity index (χ1n) is 7.48. The van der Waals surface area contributed by atoms with Crippen molar-refractivity contribution in [3.8, 4) is 0 Å². The second kappa shape index (κ2) is 4.47. The molecule has 1 aliphatic carbocycles. The number of hydrogen-bond acceptors (Lipinski definition) is 2. The van der Waals surface area contributed by atoms with Gasteiger partial charge >= 0.3 is 6.03 Å². The van der Waals surface area contributed by atoms with Gasteiger partial charge in [0.25, 0.3) is 5.91 Å². The van der Waals surface area contributed by atoms with Gasteiger partial charge in [-0.2, -0.15) is 0 Å². The van der Waals surface area contributed by atoms with E-state index >= 15 is 0 Å². The smallest absolute Gasteiger partial charge is 0.323 e. The number of urea groups is 1. The molecule has 0 spiro atoms. The molecule has 2 heterocycles. The van der Waals surface area contributed by atoms with E-state index < -0.39 is 5.54 Å². The van der Waals surface area contributed by atoms with Crippen LogP contribution in [-0.2, 0) is 4.79 Å². The lowest BCUT2D eigenvalue weighted by Crippen LogP contribution is -3.14. The van der Waals surface area contributed by atoms with Crippen molar-refractivity contribution in [3.05, 3.63) is 0 Å². The number of amides is 3. The maximum absolute atomic E-state index is 12.5. The van der Waals surface area contributed by atoms with Gasteiger partial charge in [-0.3, -0.25) is 4.79 Å². The zero-order chi connectivity index (χ0) is 13.6. The molecule has 0 unspecified atom stereocenters. The number of nitrogens with one attached hydrogen (secondary N) is 2. The van der Waals surface area contributed by atoms with Crippen molar-refractivity contribution in [1.82, 2.24) is 10.2 Å². The highest BCUT2D eigenvalue weighted by Crippen LogP contribution is 2.42. The molecular weight excluding hydrogens is 242 g/mol. The van der Waals surface area contributed by atoms with Gasteiger partial charge in [-0.25, -0.2) is 9.69 Å². The number of rotatable bonds is 3. The van der Waals surface area contributed by atoms with Crippen LogP contribution in [0.2, 0.25) is 0 Å². The summed E-state index contributed by atoms with van der Waals surface area (Å²) in [6.07, 6.45) is 4.51. The minimum Gasteiger partial charge on any atom is -0.323 e. The fourth-order valence-corrected chi connectivity index (χ4v) is 3.35. The van der Waals surface area contributed by atoms with Crippen LogP contribution in [0.1, 0.15) is 39.5 Å². The standard InChI is InChI=1S/C14H23N3O2/c1-10-5-7-16(8-6-10)9-17-12(18)14(2,11-3-4-11)15-13(17)19/h10-11H,3-9H2,1-2H3,(H,15,19)/p+1/t14-/m1/s1. The highest BCUT2D eigenvalue weighted by molar-refractivity contribution is 6.07. The van der Waals surface area contributed by atoms with Crippen molar-refractivity contribution in [2.75, 3.05) is 19.8 Å². The van der Waals surface area contributed by atoms with Gasteiger partial charge < -0.3 is 10.2 Å². The van der Waals surface area contributed by atoms with Crippen LogP contribution in [0.25, 0.3) is 0 Å². The maximum Gasteiger partial charge on any atom is 0.329 e. The average molecular weight is 266 g/mol. The summed E-state index contributed by atoms with van der Waals surface area (Å²) >= 11 is 0. The Labute approximate surface area is 114 Å². The first-order valence-corrected chi connectivity index (χ1v) is 7.48. The molecule has 3 aliphatic rings. The molecule has 1 saturated carbocycles. The Bertz CT molecular complexity index is 399. The lowest BCUT2D eigenvalue weighted by molar-refractivity contribution is -0.913. The number of likely N-dealkylation sites (tertiary alicyclic amines) is 1. The van der Waals surface area contributed by atoms with Crippen LogP contribution < -0.4 is 10.2 Å². The Morgan fingerprint density at radius 3 is 2.47 bits per heavy atom. The number of hydrogen-bond donors (Lipinski definition) is 2. The molecular formula is C14H24N3O2+. The summed E-state index contributed by atoms with van der Waals surface area (Å²) in [4.78, 5) is 27.3. The minimum atomic E-state index is -0.625. The van der Waals surface area contributed by atoms with E-state index in [4.69, 9.17) is 0 Å². The van der Waals surface area contributed by atoms with Crippen molar-refractivity contribution in [1.29, 1.82) is 0 Å². The van der Waals surface area contributed by atoms with Crippen LogP contribution in [0, 0.1) is 11.8 Å². The lowest BCUT2D eigenvalue weighted by Gasteiger charge is -2.29. The van der Waals surface area contributed by atoms with E-state index in [0.29, 0.717) is 12.6 Å². The molecule has 0 radical (unpaired) electrons. The number of carbonyl (C=O) groups is 2. The van der Waals surface area contributed by atoms with Gasteiger partial charge in [-0.05, 0) is 44.4 Å². The molecule has 0 aromatic heterocycles. The first kappa shape index (κ1) is 12.9. The molecule has 0 bridgehead atoms. The molecule has 0 aromatic rings. The summed E-state index contributed by atoms with van der Waals surface area (Å²) in [5.74, 6) is 1.13. The Morgan fingerprint density at radius 2 is 1.89 bits per heavy atom. The van der Waals surface area contributed by atoms with Gasteiger partial charge in [0.15, 0.2) is 6.67 Å². The molecule has 0 aromatic carbocycles. The Balaban J connectivity index is 1.64. The van der Waals surface area contributed by atoms with E-state index in [1.807, 2.05) is 6.92 Å². The third kappa shape index (κ3) is 2.24. The second-order valence-electron chi connectivity index (χ2n) is 6.73. The number of quaternary nitrogens is 1. The van der Waals surface area contributed by atoms with Gasteiger partial charge in [0.05, 0.1) is 13.1 Å². The number of carbonyl (C=O) groups excluding carboxylic acids is 2. The maximum atomic E-state index is 12.5. The van der Waals surface area contributed by atoms with E-state index in [-0.39, 0.29) is 11.9 Å². The van der Waals surface area contributed by atoms with Gasteiger partial charge in [-0.1, -0.05) is 6.92 Å². The van der Waals surface area contributed by atoms with Crippen LogP contribution in [0.5, 0.6) is 0 Å². The van der Waals surface area contributed by atoms with Crippen LogP contribution in [0.4, 0.5) is 4.79 Å². The molecule has 3 fully saturated rings. The van der Waals surface area contributed by atoms with Gasteiger partial charge in [0.2, 0.25) is 0 Å². The fraction of sp³-hybridized carbons (Fsp3) is 0.857. The van der Waals surface area contributed by atoms with Crippen LogP contribution in [0.3, 0.4) is 0 Å². The molecule has 106 valence electrons. The second-order valence-corrected chi connectivity index (χ2v) is 6.73. The normalized spacial score (nSPS) is 39.6. The monoisotopic (exact) mass is 266 g/mol. The molecule has 3 amide bonds. The molecule has 2 N–H and O–H groups in total. The molecule has 1 atom stereocenters. The number of imide groups is 1. The predicted octanol–water partition coefficient (Wildman–Crippen LogP) is -0.0208. The molecule has 2 aliphatic heterocycles. The summed E-state index contributed by atoms with van der Waals surface area (Å²) in [5, 5.41) is 2.91. The minimum absolute atomic E-state index is 0.00822. The van der Waals surface area contributed by atoms with Crippen molar-refractivity contribution < 1.29 is 14.5 Å². The molecule has 2 saturated heterocycles. The zero-order valence-electron chi connectivity index (χ0n) is 11.9. The zero-order valence-corrected chi connectivity index (χ0v) is 11.9. The van der Waals surface area contributed by atoms with Crippen LogP contribution in [-0.4, -0.2) is 42.1 Å². The van der Waals surface area contributed by atoms with E-state index in [1.165, 1.54) is 22.6 Å². The highest BCUT2D eigenvalue weighted by atomic mass is 16.2. The molecule has 5 nitrogen and oxygen atoms in total. The van der Waals surface area contributed by atoms with E-state index in [0.717, 1.165) is 31.8 Å². The Hall–Kier alpha value is -1.10. The average Bonchev–Trinajstić information content (AvgIpc) is 3.18.